The van der Waals surface area contributed by atoms with E-state index in [1.165, 1.54) is 10.6 Å². The molecule has 0 aliphatic heterocycles. The summed E-state index contributed by atoms with van der Waals surface area (Å²) in [6, 6.07) is 13.0. The van der Waals surface area contributed by atoms with Crippen LogP contribution in [0.5, 0.6) is 0 Å². The normalized spacial score (nSPS) is 10.7. The predicted octanol–water partition coefficient (Wildman–Crippen LogP) is 2.09. The largest absolute Gasteiger partial charge is 0.476 e. The van der Waals surface area contributed by atoms with Crippen molar-refractivity contribution in [2.45, 2.75) is 0 Å². The van der Waals surface area contributed by atoms with Crippen LogP contribution in [0.1, 0.15) is 10.5 Å². The van der Waals surface area contributed by atoms with Crippen LogP contribution in [-0.4, -0.2) is 25.7 Å². The number of carboxylic acids is 1. The third kappa shape index (κ3) is 1.71. The zero-order chi connectivity index (χ0) is 12.5. The monoisotopic (exact) mass is 239 g/mol. The van der Waals surface area contributed by atoms with E-state index < -0.39 is 5.97 Å². The minimum Gasteiger partial charge on any atom is -0.476 e. The van der Waals surface area contributed by atoms with Crippen LogP contribution in [0.25, 0.3) is 16.9 Å². The average Bonchev–Trinajstić information content (AvgIpc) is 2.82. The van der Waals surface area contributed by atoms with Crippen LogP contribution in [0, 0.1) is 0 Å². The highest BCUT2D eigenvalue weighted by Gasteiger charge is 2.10. The third-order valence-corrected chi connectivity index (χ3v) is 2.61. The SMILES string of the molecule is O=C(O)c1cc2nc(-c3ccccc3)ccn2n1. The fourth-order valence-electron chi connectivity index (χ4n) is 1.75. The van der Waals surface area contributed by atoms with Crippen LogP contribution in [0.2, 0.25) is 0 Å². The second kappa shape index (κ2) is 3.96. The van der Waals surface area contributed by atoms with Crippen molar-refractivity contribution < 1.29 is 9.90 Å². The molecule has 5 heteroatoms. The van der Waals surface area contributed by atoms with E-state index in [0.29, 0.717) is 5.65 Å². The Morgan fingerprint density at radius 1 is 1.17 bits per heavy atom. The molecule has 18 heavy (non-hydrogen) atoms. The van der Waals surface area contributed by atoms with Gasteiger partial charge >= 0.3 is 5.97 Å². The summed E-state index contributed by atoms with van der Waals surface area (Å²) in [5.41, 5.74) is 2.29. The minimum absolute atomic E-state index is 0.00675. The number of hydrogen-bond acceptors (Lipinski definition) is 3. The molecule has 3 aromatic rings. The van der Waals surface area contributed by atoms with Gasteiger partial charge in [0.25, 0.3) is 0 Å². The Balaban J connectivity index is 2.14. The highest BCUT2D eigenvalue weighted by atomic mass is 16.4. The van der Waals surface area contributed by atoms with Crippen molar-refractivity contribution >= 4 is 11.6 Å². The molecule has 3 rings (SSSR count). The molecular weight excluding hydrogens is 230 g/mol. The summed E-state index contributed by atoms with van der Waals surface area (Å²) in [5.74, 6) is -1.05. The molecule has 0 spiro atoms. The lowest BCUT2D eigenvalue weighted by atomic mass is 10.1. The fourth-order valence-corrected chi connectivity index (χ4v) is 1.75. The van der Waals surface area contributed by atoms with Crippen LogP contribution >= 0.6 is 0 Å². The molecule has 2 heterocycles. The maximum atomic E-state index is 10.8. The molecule has 2 aromatic heterocycles. The van der Waals surface area contributed by atoms with Crippen molar-refractivity contribution in [2.75, 3.05) is 0 Å². The summed E-state index contributed by atoms with van der Waals surface area (Å²) < 4.78 is 1.45. The van der Waals surface area contributed by atoms with Gasteiger partial charge in [0.15, 0.2) is 11.3 Å². The van der Waals surface area contributed by atoms with Crippen LogP contribution in [-0.2, 0) is 0 Å². The van der Waals surface area contributed by atoms with Gasteiger partial charge in [-0.3, -0.25) is 0 Å². The molecule has 0 aliphatic rings. The Labute approximate surface area is 102 Å². The molecule has 0 saturated heterocycles. The molecule has 1 N–H and O–H groups in total. The zero-order valence-electron chi connectivity index (χ0n) is 9.32. The quantitative estimate of drug-likeness (QED) is 0.743. The van der Waals surface area contributed by atoms with E-state index in [1.54, 1.807) is 12.3 Å². The highest BCUT2D eigenvalue weighted by molar-refractivity contribution is 5.86. The average molecular weight is 239 g/mol. The number of fused-ring (bicyclic) bond motifs is 1. The second-order valence-corrected chi connectivity index (χ2v) is 3.82. The summed E-state index contributed by atoms with van der Waals surface area (Å²) >= 11 is 0. The predicted molar refractivity (Wildman–Crippen MR) is 65.4 cm³/mol. The molecule has 0 atom stereocenters. The number of nitrogens with zero attached hydrogens (tertiary/aromatic N) is 3. The summed E-state index contributed by atoms with van der Waals surface area (Å²) in [6.45, 7) is 0. The molecule has 0 bridgehead atoms. The van der Waals surface area contributed by atoms with Gasteiger partial charge in [0.2, 0.25) is 0 Å². The van der Waals surface area contributed by atoms with E-state index in [4.69, 9.17) is 5.11 Å². The van der Waals surface area contributed by atoms with Gasteiger partial charge in [-0.25, -0.2) is 14.3 Å². The molecule has 1 aromatic carbocycles. The number of carbonyl (C=O) groups is 1. The molecule has 0 fully saturated rings. The maximum Gasteiger partial charge on any atom is 0.356 e. The van der Waals surface area contributed by atoms with Crippen molar-refractivity contribution in [3.05, 3.63) is 54.4 Å². The van der Waals surface area contributed by atoms with Crippen LogP contribution < -0.4 is 0 Å². The topological polar surface area (TPSA) is 67.5 Å². The molecule has 88 valence electrons. The Morgan fingerprint density at radius 2 is 1.94 bits per heavy atom. The van der Waals surface area contributed by atoms with Gasteiger partial charge < -0.3 is 5.11 Å². The third-order valence-electron chi connectivity index (χ3n) is 2.61. The number of carboxylic acid groups (broad SMARTS) is 1. The summed E-state index contributed by atoms with van der Waals surface area (Å²) in [7, 11) is 0. The molecule has 0 radical (unpaired) electrons. The standard InChI is InChI=1S/C13H9N3O2/c17-13(18)11-8-12-14-10(6-7-16(12)15-11)9-4-2-1-3-5-9/h1-8H,(H,17,18). The first kappa shape index (κ1) is 10.5. The Kier molecular flexibility index (Phi) is 2.30. The Morgan fingerprint density at radius 3 is 2.67 bits per heavy atom. The summed E-state index contributed by atoms with van der Waals surface area (Å²) in [5, 5.41) is 12.8. The highest BCUT2D eigenvalue weighted by Crippen LogP contribution is 2.17. The maximum absolute atomic E-state index is 10.8. The number of aromatic carboxylic acids is 1. The van der Waals surface area contributed by atoms with Gasteiger partial charge in [-0.1, -0.05) is 30.3 Å². The van der Waals surface area contributed by atoms with Gasteiger partial charge in [-0.05, 0) is 6.07 Å². The summed E-state index contributed by atoms with van der Waals surface area (Å²) in [4.78, 5) is 15.2. The fraction of sp³-hybridized carbons (Fsp3) is 0. The lowest BCUT2D eigenvalue weighted by molar-refractivity contribution is 0.0690. The smallest absolute Gasteiger partial charge is 0.356 e. The van der Waals surface area contributed by atoms with Crippen LogP contribution in [0.15, 0.2) is 48.7 Å². The molecule has 0 saturated carbocycles. The van der Waals surface area contributed by atoms with Gasteiger partial charge in [0.05, 0.1) is 5.69 Å². The summed E-state index contributed by atoms with van der Waals surface area (Å²) in [6.07, 6.45) is 1.71. The first-order valence-electron chi connectivity index (χ1n) is 5.39. The Bertz CT molecular complexity index is 719. The van der Waals surface area contributed by atoms with Gasteiger partial charge in [-0.15, -0.1) is 0 Å². The van der Waals surface area contributed by atoms with Crippen molar-refractivity contribution in [3.63, 3.8) is 0 Å². The van der Waals surface area contributed by atoms with E-state index in [1.807, 2.05) is 30.3 Å². The van der Waals surface area contributed by atoms with E-state index in [-0.39, 0.29) is 5.69 Å². The van der Waals surface area contributed by atoms with Gasteiger partial charge in [0.1, 0.15) is 0 Å². The first-order valence-corrected chi connectivity index (χ1v) is 5.39. The van der Waals surface area contributed by atoms with Crippen molar-refractivity contribution in [2.24, 2.45) is 0 Å². The number of benzene rings is 1. The molecular formula is C13H9N3O2. The lowest BCUT2D eigenvalue weighted by Gasteiger charge is -2.00. The first-order chi connectivity index (χ1) is 8.74. The van der Waals surface area contributed by atoms with E-state index in [2.05, 4.69) is 10.1 Å². The van der Waals surface area contributed by atoms with E-state index >= 15 is 0 Å². The van der Waals surface area contributed by atoms with Crippen molar-refractivity contribution in [3.8, 4) is 11.3 Å². The molecule has 5 nitrogen and oxygen atoms in total. The molecule has 0 unspecified atom stereocenters. The van der Waals surface area contributed by atoms with Gasteiger partial charge in [-0.2, -0.15) is 5.10 Å². The number of aromatic nitrogens is 3. The van der Waals surface area contributed by atoms with Crippen LogP contribution in [0.3, 0.4) is 0 Å². The minimum atomic E-state index is -1.05. The zero-order valence-corrected chi connectivity index (χ0v) is 9.32. The van der Waals surface area contributed by atoms with Crippen molar-refractivity contribution in [1.29, 1.82) is 0 Å². The number of hydrogen-bond donors (Lipinski definition) is 1. The van der Waals surface area contributed by atoms with E-state index in [9.17, 15) is 4.79 Å². The molecule has 0 amide bonds. The number of rotatable bonds is 2. The Hall–Kier alpha value is -2.69. The van der Waals surface area contributed by atoms with Gasteiger partial charge in [0, 0.05) is 17.8 Å². The van der Waals surface area contributed by atoms with Crippen LogP contribution in [0.4, 0.5) is 0 Å². The van der Waals surface area contributed by atoms with E-state index in [0.717, 1.165) is 11.3 Å². The second-order valence-electron chi connectivity index (χ2n) is 3.82. The lowest BCUT2D eigenvalue weighted by Crippen LogP contribution is -1.97. The van der Waals surface area contributed by atoms with Crippen molar-refractivity contribution in [1.82, 2.24) is 14.6 Å². The molecule has 0 aliphatic carbocycles.